The van der Waals surface area contributed by atoms with E-state index in [0.717, 1.165) is 53.8 Å². The molecule has 2 amide bonds. The van der Waals surface area contributed by atoms with E-state index >= 15 is 0 Å². The molecular formula is C33H43N5O. The highest BCUT2D eigenvalue weighted by Gasteiger charge is 2.38. The smallest absolute Gasteiger partial charge is 0.322 e. The Morgan fingerprint density at radius 1 is 0.974 bits per heavy atom. The van der Waals surface area contributed by atoms with Gasteiger partial charge in [0.2, 0.25) is 0 Å². The number of carbonyl (C=O) groups is 1. The summed E-state index contributed by atoms with van der Waals surface area (Å²) in [5.74, 6) is 0.577. The second-order valence-corrected chi connectivity index (χ2v) is 11.6. The maximum Gasteiger partial charge on any atom is 0.322 e. The number of rotatable bonds is 9. The molecule has 1 saturated carbocycles. The van der Waals surface area contributed by atoms with E-state index in [1.807, 2.05) is 47.5 Å². The van der Waals surface area contributed by atoms with Crippen LogP contribution in [0, 0.1) is 5.41 Å². The lowest BCUT2D eigenvalue weighted by Crippen LogP contribution is -2.46. The summed E-state index contributed by atoms with van der Waals surface area (Å²) in [6.07, 6.45) is 7.32. The fourth-order valence-electron chi connectivity index (χ4n) is 5.90. The number of nitrogens with two attached hydrogens (primary N) is 1. The summed E-state index contributed by atoms with van der Waals surface area (Å²) < 4.78 is 0. The number of amides is 2. The van der Waals surface area contributed by atoms with Crippen molar-refractivity contribution in [2.45, 2.75) is 83.6 Å². The number of aromatic nitrogens is 1. The number of para-hydroxylation sites is 1. The average molecular weight is 526 g/mol. The van der Waals surface area contributed by atoms with Crippen LogP contribution >= 0.6 is 0 Å². The minimum absolute atomic E-state index is 0.0255. The molecule has 4 rings (SSSR count). The zero-order valence-corrected chi connectivity index (χ0v) is 23.8. The minimum atomic E-state index is -0.201. The van der Waals surface area contributed by atoms with Crippen molar-refractivity contribution in [2.75, 3.05) is 11.9 Å². The Labute approximate surface area is 233 Å². The normalized spacial score (nSPS) is 14.8. The van der Waals surface area contributed by atoms with Crippen molar-refractivity contribution in [3.63, 3.8) is 0 Å². The Morgan fingerprint density at radius 2 is 1.64 bits per heavy atom. The van der Waals surface area contributed by atoms with Gasteiger partial charge in [0, 0.05) is 41.6 Å². The van der Waals surface area contributed by atoms with E-state index in [0.29, 0.717) is 18.7 Å². The Kier molecular flexibility index (Phi) is 9.05. The molecule has 0 radical (unpaired) electrons. The first kappa shape index (κ1) is 28.3. The zero-order chi connectivity index (χ0) is 28.0. The molecule has 6 heteroatoms. The van der Waals surface area contributed by atoms with Gasteiger partial charge in [-0.05, 0) is 59.6 Å². The summed E-state index contributed by atoms with van der Waals surface area (Å²) in [5.41, 5.74) is 11.5. The molecule has 3 aromatic rings. The topological polar surface area (TPSA) is 95.1 Å². The molecule has 0 atom stereocenters. The van der Waals surface area contributed by atoms with Crippen molar-refractivity contribution in [1.29, 1.82) is 5.41 Å². The maximum atomic E-state index is 14.3. The Balaban J connectivity index is 1.74. The van der Waals surface area contributed by atoms with Gasteiger partial charge in [-0.2, -0.15) is 0 Å². The van der Waals surface area contributed by atoms with Gasteiger partial charge in [-0.3, -0.25) is 10.4 Å². The number of nitrogens with one attached hydrogen (secondary N) is 2. The third-order valence-electron chi connectivity index (χ3n) is 8.02. The lowest BCUT2D eigenvalue weighted by molar-refractivity contribution is 0.167. The standard InChI is InChI=1S/C33H43N5O/c1-23(2)27-14-11-15-28(24(3)4)30(27)37-32(39)38(21-25-12-10-13-26(20-25)31(34)35)22-33(17-7-5-8-18-33)29-16-6-9-19-36-29/h6,9-16,19-20,23-24H,5,7-8,17-18,21-22H2,1-4H3,(H3,34,35)(H,37,39). The van der Waals surface area contributed by atoms with E-state index in [2.05, 4.69) is 57.3 Å². The summed E-state index contributed by atoms with van der Waals surface area (Å²) in [4.78, 5) is 21.0. The number of carbonyl (C=O) groups excluding carboxylic acids is 1. The first-order valence-corrected chi connectivity index (χ1v) is 14.2. The number of amidine groups is 1. The molecule has 0 spiro atoms. The van der Waals surface area contributed by atoms with Crippen molar-refractivity contribution in [3.05, 3.63) is 94.8 Å². The van der Waals surface area contributed by atoms with Crippen molar-refractivity contribution >= 4 is 17.6 Å². The number of hydrogen-bond acceptors (Lipinski definition) is 3. The largest absolute Gasteiger partial charge is 0.384 e. The molecule has 0 saturated heterocycles. The molecule has 2 aromatic carbocycles. The predicted molar refractivity (Wildman–Crippen MR) is 161 cm³/mol. The molecule has 1 heterocycles. The maximum absolute atomic E-state index is 14.3. The fourth-order valence-corrected chi connectivity index (χ4v) is 5.90. The molecule has 1 aliphatic carbocycles. The number of hydrogen-bond donors (Lipinski definition) is 3. The van der Waals surface area contributed by atoms with Crippen LogP contribution in [0.25, 0.3) is 0 Å². The van der Waals surface area contributed by atoms with Crippen LogP contribution in [0.3, 0.4) is 0 Å². The Hall–Kier alpha value is -3.67. The van der Waals surface area contributed by atoms with Gasteiger partial charge >= 0.3 is 6.03 Å². The van der Waals surface area contributed by atoms with Gasteiger partial charge in [0.1, 0.15) is 5.84 Å². The first-order valence-electron chi connectivity index (χ1n) is 14.2. The van der Waals surface area contributed by atoms with Crippen LogP contribution in [0.1, 0.15) is 99.6 Å². The first-order chi connectivity index (χ1) is 18.7. The van der Waals surface area contributed by atoms with Crippen LogP contribution in [-0.4, -0.2) is 28.3 Å². The number of nitrogen functional groups attached to an aromatic ring is 1. The van der Waals surface area contributed by atoms with E-state index < -0.39 is 0 Å². The van der Waals surface area contributed by atoms with Gasteiger partial charge in [0.15, 0.2) is 0 Å². The van der Waals surface area contributed by atoms with E-state index in [1.54, 1.807) is 0 Å². The van der Waals surface area contributed by atoms with E-state index in [9.17, 15) is 4.79 Å². The summed E-state index contributed by atoms with van der Waals surface area (Å²) in [6.45, 7) is 9.65. The summed E-state index contributed by atoms with van der Waals surface area (Å²) in [6, 6.07) is 20.0. The van der Waals surface area contributed by atoms with Gasteiger partial charge in [-0.1, -0.05) is 89.4 Å². The Bertz CT molecular complexity index is 1250. The molecule has 4 N–H and O–H groups in total. The molecule has 206 valence electrons. The number of nitrogens with zero attached hydrogens (tertiary/aromatic N) is 2. The second-order valence-electron chi connectivity index (χ2n) is 11.6. The van der Waals surface area contributed by atoms with Crippen molar-refractivity contribution in [1.82, 2.24) is 9.88 Å². The third kappa shape index (κ3) is 6.67. The van der Waals surface area contributed by atoms with Gasteiger partial charge in [0.05, 0.1) is 0 Å². The van der Waals surface area contributed by atoms with E-state index in [-0.39, 0.29) is 29.1 Å². The van der Waals surface area contributed by atoms with Crippen molar-refractivity contribution in [2.24, 2.45) is 5.73 Å². The van der Waals surface area contributed by atoms with E-state index in [4.69, 9.17) is 16.1 Å². The highest BCUT2D eigenvalue weighted by molar-refractivity contribution is 5.95. The SMILES string of the molecule is CC(C)c1cccc(C(C)C)c1NC(=O)N(Cc1cccc(C(=N)N)c1)CC1(c2ccccn2)CCCCC1. The van der Waals surface area contributed by atoms with E-state index in [1.165, 1.54) is 6.42 Å². The zero-order valence-electron chi connectivity index (χ0n) is 23.8. The molecule has 6 nitrogen and oxygen atoms in total. The fraction of sp³-hybridized carbons (Fsp3) is 0.424. The molecule has 0 unspecified atom stereocenters. The van der Waals surface area contributed by atoms with Gasteiger partial charge in [-0.15, -0.1) is 0 Å². The number of benzene rings is 2. The summed E-state index contributed by atoms with van der Waals surface area (Å²) in [7, 11) is 0. The Morgan fingerprint density at radius 3 is 2.23 bits per heavy atom. The van der Waals surface area contributed by atoms with Crippen LogP contribution in [-0.2, 0) is 12.0 Å². The molecule has 39 heavy (non-hydrogen) atoms. The number of pyridine rings is 1. The quantitative estimate of drug-likeness (QED) is 0.199. The van der Waals surface area contributed by atoms with Crippen molar-refractivity contribution in [3.8, 4) is 0 Å². The molecular weight excluding hydrogens is 482 g/mol. The highest BCUT2D eigenvalue weighted by atomic mass is 16.2. The van der Waals surface area contributed by atoms with Crippen LogP contribution in [0.2, 0.25) is 0 Å². The third-order valence-corrected chi connectivity index (χ3v) is 8.02. The summed E-state index contributed by atoms with van der Waals surface area (Å²) >= 11 is 0. The molecule has 1 aromatic heterocycles. The molecule has 0 bridgehead atoms. The van der Waals surface area contributed by atoms with Crippen LogP contribution < -0.4 is 11.1 Å². The lowest BCUT2D eigenvalue weighted by atomic mass is 9.71. The molecule has 0 aliphatic heterocycles. The van der Waals surface area contributed by atoms with Gasteiger partial charge in [-0.25, -0.2) is 4.79 Å². The molecule has 1 fully saturated rings. The predicted octanol–water partition coefficient (Wildman–Crippen LogP) is 7.55. The van der Waals surface area contributed by atoms with Gasteiger partial charge < -0.3 is 16.0 Å². The van der Waals surface area contributed by atoms with Crippen LogP contribution in [0.5, 0.6) is 0 Å². The van der Waals surface area contributed by atoms with Crippen LogP contribution in [0.4, 0.5) is 10.5 Å². The minimum Gasteiger partial charge on any atom is -0.384 e. The number of urea groups is 1. The van der Waals surface area contributed by atoms with Gasteiger partial charge in [0.25, 0.3) is 0 Å². The average Bonchev–Trinajstić information content (AvgIpc) is 2.93. The number of anilines is 1. The monoisotopic (exact) mass is 525 g/mol. The summed E-state index contributed by atoms with van der Waals surface area (Å²) in [5, 5.41) is 11.3. The highest BCUT2D eigenvalue weighted by Crippen LogP contribution is 2.40. The second kappa shape index (κ2) is 12.5. The molecule has 1 aliphatic rings. The lowest BCUT2D eigenvalue weighted by Gasteiger charge is -2.41. The van der Waals surface area contributed by atoms with Crippen LogP contribution in [0.15, 0.2) is 66.9 Å². The van der Waals surface area contributed by atoms with Crippen molar-refractivity contribution < 1.29 is 4.79 Å².